The molecule has 0 aliphatic carbocycles. The molecular weight excluding hydrogens is 460 g/mol. The summed E-state index contributed by atoms with van der Waals surface area (Å²) in [4.78, 5) is 4.21. The van der Waals surface area contributed by atoms with Gasteiger partial charge in [0, 0.05) is 26.3 Å². The maximum Gasteiger partial charge on any atom is 0.188 e. The number of benzene rings is 2. The number of para-hydroxylation sites is 1. The second kappa shape index (κ2) is 13.3. The molecule has 2 rings (SSSR count). The Morgan fingerprint density at radius 3 is 2.67 bits per heavy atom. The Balaban J connectivity index is 0.00000364. The van der Waals surface area contributed by atoms with Gasteiger partial charge in [-0.25, -0.2) is 4.39 Å². The van der Waals surface area contributed by atoms with E-state index in [0.717, 1.165) is 12.0 Å². The lowest BCUT2D eigenvalue weighted by Crippen LogP contribution is -2.33. The molecule has 0 fully saturated rings. The Kier molecular flexibility index (Phi) is 11.4. The Morgan fingerprint density at radius 1 is 1.19 bits per heavy atom. The minimum atomic E-state index is -0.385. The molecule has 0 saturated carbocycles. The number of hydrogen-bond donors (Lipinski definition) is 2. The summed E-state index contributed by atoms with van der Waals surface area (Å²) < 4.78 is 25.0. The van der Waals surface area contributed by atoms with Crippen molar-refractivity contribution in [3.05, 3.63) is 59.9 Å². The molecule has 0 aliphatic rings. The predicted octanol–water partition coefficient (Wildman–Crippen LogP) is 4.11. The quantitative estimate of drug-likeness (QED) is 0.229. The maximum absolute atomic E-state index is 14.2. The van der Waals surface area contributed by atoms with Crippen LogP contribution >= 0.6 is 24.0 Å². The van der Waals surface area contributed by atoms with Gasteiger partial charge in [-0.3, -0.25) is 4.99 Å². The third-order valence-electron chi connectivity index (χ3n) is 3.62. The van der Waals surface area contributed by atoms with Crippen molar-refractivity contribution in [3.63, 3.8) is 0 Å². The fourth-order valence-corrected chi connectivity index (χ4v) is 2.30. The summed E-state index contributed by atoms with van der Waals surface area (Å²) >= 11 is 0. The fourth-order valence-electron chi connectivity index (χ4n) is 2.30. The Labute approximate surface area is 177 Å². The van der Waals surface area contributed by atoms with Gasteiger partial charge >= 0.3 is 0 Å². The summed E-state index contributed by atoms with van der Waals surface area (Å²) in [6.45, 7) is 4.56. The van der Waals surface area contributed by atoms with Crippen LogP contribution in [0.2, 0.25) is 0 Å². The van der Waals surface area contributed by atoms with E-state index in [2.05, 4.69) is 10.3 Å². The molecule has 5 nitrogen and oxygen atoms in total. The van der Waals surface area contributed by atoms with Crippen molar-refractivity contribution in [3.8, 4) is 11.5 Å². The number of ether oxygens (including phenoxy) is 2. The lowest BCUT2D eigenvalue weighted by Gasteiger charge is -2.09. The lowest BCUT2D eigenvalue weighted by atomic mass is 10.1. The molecule has 3 N–H and O–H groups in total. The summed E-state index contributed by atoms with van der Waals surface area (Å²) in [5.41, 5.74) is 6.66. The molecule has 2 aromatic rings. The van der Waals surface area contributed by atoms with Crippen molar-refractivity contribution < 1.29 is 13.9 Å². The van der Waals surface area contributed by atoms with Crippen LogP contribution < -0.4 is 15.8 Å². The summed E-state index contributed by atoms with van der Waals surface area (Å²) in [5, 5.41) is 3.03. The first-order valence-corrected chi connectivity index (χ1v) is 8.82. The number of halogens is 2. The van der Waals surface area contributed by atoms with Crippen LogP contribution in [0.1, 0.15) is 18.9 Å². The summed E-state index contributed by atoms with van der Waals surface area (Å²) in [7, 11) is 0. The predicted molar refractivity (Wildman–Crippen MR) is 118 cm³/mol. The summed E-state index contributed by atoms with van der Waals surface area (Å²) in [6.07, 6.45) is 1.47. The van der Waals surface area contributed by atoms with Crippen LogP contribution in [0.3, 0.4) is 0 Å². The van der Waals surface area contributed by atoms with Gasteiger partial charge in [0.15, 0.2) is 17.5 Å². The van der Waals surface area contributed by atoms with E-state index in [9.17, 15) is 4.39 Å². The zero-order valence-corrected chi connectivity index (χ0v) is 17.8. The number of nitrogens with two attached hydrogens (primary N) is 1. The number of hydrogen-bond acceptors (Lipinski definition) is 3. The molecule has 27 heavy (non-hydrogen) atoms. The highest BCUT2D eigenvalue weighted by Crippen LogP contribution is 2.24. The molecule has 0 saturated heterocycles. The van der Waals surface area contributed by atoms with Gasteiger partial charge in [0.05, 0.1) is 0 Å². The minimum Gasteiger partial charge on any atom is -0.454 e. The van der Waals surface area contributed by atoms with E-state index in [4.69, 9.17) is 15.2 Å². The van der Waals surface area contributed by atoms with Crippen LogP contribution in [0.4, 0.5) is 4.39 Å². The topological polar surface area (TPSA) is 68.9 Å². The average molecular weight is 487 g/mol. The highest BCUT2D eigenvalue weighted by atomic mass is 127. The van der Waals surface area contributed by atoms with E-state index >= 15 is 0 Å². The van der Waals surface area contributed by atoms with Gasteiger partial charge in [-0.05, 0) is 49.6 Å². The number of nitrogens with zero attached hydrogens (tertiary/aromatic N) is 1. The number of nitrogens with one attached hydrogen (secondary N) is 1. The normalized spacial score (nSPS) is 11.0. The van der Waals surface area contributed by atoms with Gasteiger partial charge in [0.25, 0.3) is 0 Å². The van der Waals surface area contributed by atoms with Crippen molar-refractivity contribution in [2.24, 2.45) is 10.7 Å². The smallest absolute Gasteiger partial charge is 0.188 e. The third-order valence-corrected chi connectivity index (χ3v) is 3.62. The fraction of sp³-hybridized carbons (Fsp3) is 0.350. The average Bonchev–Trinajstić information content (AvgIpc) is 2.64. The molecule has 0 spiro atoms. The molecule has 0 aliphatic heterocycles. The molecular formula is C20H27FIN3O2. The first-order chi connectivity index (χ1) is 12.7. The highest BCUT2D eigenvalue weighted by Gasteiger charge is 2.06. The van der Waals surface area contributed by atoms with Gasteiger partial charge in [0.1, 0.15) is 5.75 Å². The molecule has 0 atom stereocenters. The summed E-state index contributed by atoms with van der Waals surface area (Å²) in [5.74, 6) is 0.826. The van der Waals surface area contributed by atoms with Crippen molar-refractivity contribution in [1.82, 2.24) is 5.32 Å². The molecule has 0 aromatic heterocycles. The largest absolute Gasteiger partial charge is 0.454 e. The lowest BCUT2D eigenvalue weighted by molar-refractivity contribution is 0.146. The molecule has 2 aromatic carbocycles. The third kappa shape index (κ3) is 9.05. The number of aliphatic imine (C=N–C) groups is 1. The first-order valence-electron chi connectivity index (χ1n) is 8.82. The van der Waals surface area contributed by atoms with Crippen LogP contribution in [0.15, 0.2) is 53.5 Å². The van der Waals surface area contributed by atoms with Gasteiger partial charge < -0.3 is 20.5 Å². The van der Waals surface area contributed by atoms with Crippen molar-refractivity contribution in [2.45, 2.75) is 19.8 Å². The van der Waals surface area contributed by atoms with E-state index in [1.807, 2.05) is 31.2 Å². The monoisotopic (exact) mass is 487 g/mol. The van der Waals surface area contributed by atoms with E-state index < -0.39 is 0 Å². The molecule has 0 bridgehead atoms. The molecule has 7 heteroatoms. The Morgan fingerprint density at radius 2 is 1.96 bits per heavy atom. The second-order valence-electron chi connectivity index (χ2n) is 5.67. The van der Waals surface area contributed by atoms with Gasteiger partial charge in [-0.15, -0.1) is 24.0 Å². The zero-order chi connectivity index (χ0) is 18.6. The standard InChI is InChI=1S/C20H26FN3O2.HI/c1-2-25-14-6-12-23-20(22)24-13-11-16-9-10-19(18(21)15-16)26-17-7-4-3-5-8-17;/h3-5,7-10,15H,2,6,11-14H2,1H3,(H3,22,23,24);1H. The van der Waals surface area contributed by atoms with Crippen LogP contribution in [0.5, 0.6) is 11.5 Å². The number of rotatable bonds is 10. The van der Waals surface area contributed by atoms with Crippen LogP contribution in [0.25, 0.3) is 0 Å². The van der Waals surface area contributed by atoms with E-state index in [-0.39, 0.29) is 35.5 Å². The molecule has 0 radical (unpaired) electrons. The molecule has 0 unspecified atom stereocenters. The first kappa shape index (κ1) is 23.2. The van der Waals surface area contributed by atoms with Gasteiger partial charge in [0.2, 0.25) is 0 Å². The van der Waals surface area contributed by atoms with Crippen molar-refractivity contribution >= 4 is 29.9 Å². The highest BCUT2D eigenvalue weighted by molar-refractivity contribution is 14.0. The Bertz CT molecular complexity index is 699. The van der Waals surface area contributed by atoms with Crippen LogP contribution in [0, 0.1) is 5.82 Å². The number of guanidine groups is 1. The van der Waals surface area contributed by atoms with Crippen molar-refractivity contribution in [2.75, 3.05) is 26.3 Å². The molecule has 0 heterocycles. The van der Waals surface area contributed by atoms with Gasteiger partial charge in [-0.1, -0.05) is 24.3 Å². The second-order valence-corrected chi connectivity index (χ2v) is 5.67. The minimum absolute atomic E-state index is 0. The summed E-state index contributed by atoms with van der Waals surface area (Å²) in [6, 6.07) is 14.1. The SMILES string of the molecule is CCOCCCN=C(N)NCCc1ccc(Oc2ccccc2)c(F)c1.I. The van der Waals surface area contributed by atoms with E-state index in [1.54, 1.807) is 18.2 Å². The van der Waals surface area contributed by atoms with Crippen molar-refractivity contribution in [1.29, 1.82) is 0 Å². The van der Waals surface area contributed by atoms with Crippen LogP contribution in [-0.2, 0) is 11.2 Å². The van der Waals surface area contributed by atoms with Gasteiger partial charge in [-0.2, -0.15) is 0 Å². The zero-order valence-electron chi connectivity index (χ0n) is 15.5. The molecule has 0 amide bonds. The Hall–Kier alpha value is -1.87. The van der Waals surface area contributed by atoms with E-state index in [1.165, 1.54) is 6.07 Å². The maximum atomic E-state index is 14.2. The molecule has 148 valence electrons. The van der Waals surface area contributed by atoms with E-state index in [0.29, 0.717) is 44.4 Å². The van der Waals surface area contributed by atoms with Crippen LogP contribution in [-0.4, -0.2) is 32.3 Å².